The van der Waals surface area contributed by atoms with E-state index in [1.165, 1.54) is 9.80 Å². The zero-order chi connectivity index (χ0) is 12.4. The Kier molecular flexibility index (Phi) is 2.95. The number of pyridine rings is 1. The van der Waals surface area contributed by atoms with Crippen molar-refractivity contribution in [1.29, 1.82) is 0 Å². The van der Waals surface area contributed by atoms with Crippen LogP contribution in [0.1, 0.15) is 6.92 Å². The van der Waals surface area contributed by atoms with Crippen LogP contribution in [0.5, 0.6) is 0 Å². The minimum Gasteiger partial charge on any atom is -0.323 e. The molecule has 2 heterocycles. The number of hydrogen-bond acceptors (Lipinski definition) is 3. The van der Waals surface area contributed by atoms with Gasteiger partial charge in [0.2, 0.25) is 0 Å². The number of nitrogens with zero attached hydrogens (tertiary/aromatic N) is 3. The molecule has 0 saturated carbocycles. The third-order valence-electron chi connectivity index (χ3n) is 2.79. The van der Waals surface area contributed by atoms with Gasteiger partial charge in [-0.15, -0.1) is 0 Å². The largest absolute Gasteiger partial charge is 0.331 e. The molecule has 1 atom stereocenters. The lowest BCUT2D eigenvalue weighted by atomic mass is 10.3. The van der Waals surface area contributed by atoms with E-state index in [0.717, 1.165) is 0 Å². The monoisotopic (exact) mass is 234 g/mol. The highest BCUT2D eigenvalue weighted by Gasteiger charge is 2.35. The molecular weight excluding hydrogens is 220 g/mol. The molecule has 0 spiro atoms. The summed E-state index contributed by atoms with van der Waals surface area (Å²) in [6.45, 7) is 2.29. The number of amides is 4. The summed E-state index contributed by atoms with van der Waals surface area (Å²) in [5.74, 6) is 0.438. The zero-order valence-electron chi connectivity index (χ0n) is 9.75. The van der Waals surface area contributed by atoms with E-state index in [-0.39, 0.29) is 12.1 Å². The number of nitrogens with one attached hydrogen (secondary N) is 1. The van der Waals surface area contributed by atoms with Gasteiger partial charge >= 0.3 is 12.1 Å². The second-order valence-electron chi connectivity index (χ2n) is 4.00. The number of likely N-dealkylation sites (N-methyl/N-ethyl adjacent to an activating group) is 1. The first-order chi connectivity index (χ1) is 8.09. The van der Waals surface area contributed by atoms with Gasteiger partial charge < -0.3 is 4.90 Å². The predicted molar refractivity (Wildman–Crippen MR) is 62.6 cm³/mol. The van der Waals surface area contributed by atoms with Gasteiger partial charge in [-0.05, 0) is 19.1 Å². The molecule has 6 heteroatoms. The van der Waals surface area contributed by atoms with Gasteiger partial charge in [-0.1, -0.05) is 6.07 Å². The SMILES string of the molecule is CC1CN(C(=O)Nc2ccccn2)C(=O)N1C. The average Bonchev–Trinajstić information content (AvgIpc) is 2.58. The van der Waals surface area contributed by atoms with Crippen molar-refractivity contribution in [1.82, 2.24) is 14.8 Å². The molecule has 17 heavy (non-hydrogen) atoms. The van der Waals surface area contributed by atoms with Gasteiger partial charge in [-0.2, -0.15) is 0 Å². The van der Waals surface area contributed by atoms with Gasteiger partial charge in [-0.25, -0.2) is 19.5 Å². The summed E-state index contributed by atoms with van der Waals surface area (Å²) in [4.78, 5) is 30.3. The Morgan fingerprint density at radius 3 is 2.82 bits per heavy atom. The van der Waals surface area contributed by atoms with E-state index in [2.05, 4.69) is 10.3 Å². The van der Waals surface area contributed by atoms with E-state index < -0.39 is 6.03 Å². The van der Waals surface area contributed by atoms with Crippen molar-refractivity contribution < 1.29 is 9.59 Å². The standard InChI is InChI=1S/C11H14N4O2/c1-8-7-15(11(17)14(8)2)10(16)13-9-5-3-4-6-12-9/h3-6,8H,7H2,1-2H3,(H,12,13,16). The van der Waals surface area contributed by atoms with Crippen molar-refractivity contribution in [2.45, 2.75) is 13.0 Å². The van der Waals surface area contributed by atoms with Gasteiger partial charge in [0, 0.05) is 19.3 Å². The van der Waals surface area contributed by atoms with Gasteiger partial charge in [0.1, 0.15) is 5.82 Å². The molecule has 1 fully saturated rings. The molecule has 6 nitrogen and oxygen atoms in total. The third-order valence-corrected chi connectivity index (χ3v) is 2.79. The van der Waals surface area contributed by atoms with Crippen molar-refractivity contribution in [2.75, 3.05) is 18.9 Å². The summed E-state index contributed by atoms with van der Waals surface area (Å²) >= 11 is 0. The number of carbonyl (C=O) groups is 2. The van der Waals surface area contributed by atoms with E-state index in [0.29, 0.717) is 12.4 Å². The van der Waals surface area contributed by atoms with Crippen LogP contribution in [0.2, 0.25) is 0 Å². The minimum absolute atomic E-state index is 0.0389. The lowest BCUT2D eigenvalue weighted by Gasteiger charge is -2.14. The molecule has 0 aliphatic carbocycles. The predicted octanol–water partition coefficient (Wildman–Crippen LogP) is 1.37. The highest BCUT2D eigenvalue weighted by atomic mass is 16.2. The zero-order valence-corrected chi connectivity index (χ0v) is 9.75. The van der Waals surface area contributed by atoms with E-state index in [9.17, 15) is 9.59 Å². The maximum absolute atomic E-state index is 11.8. The molecule has 1 unspecified atom stereocenters. The quantitative estimate of drug-likeness (QED) is 0.798. The van der Waals surface area contributed by atoms with Crippen LogP contribution in [0.15, 0.2) is 24.4 Å². The first kappa shape index (κ1) is 11.4. The topological polar surface area (TPSA) is 65.5 Å². The summed E-state index contributed by atoms with van der Waals surface area (Å²) < 4.78 is 0. The Balaban J connectivity index is 2.05. The number of urea groups is 2. The first-order valence-corrected chi connectivity index (χ1v) is 5.36. The van der Waals surface area contributed by atoms with Crippen LogP contribution in [0.3, 0.4) is 0 Å². The van der Waals surface area contributed by atoms with Crippen LogP contribution in [0, 0.1) is 0 Å². The molecule has 0 bridgehead atoms. The van der Waals surface area contributed by atoms with Gasteiger partial charge in [0.15, 0.2) is 0 Å². The van der Waals surface area contributed by atoms with Crippen LogP contribution < -0.4 is 5.32 Å². The van der Waals surface area contributed by atoms with Crippen molar-refractivity contribution in [3.8, 4) is 0 Å². The second kappa shape index (κ2) is 4.40. The summed E-state index contributed by atoms with van der Waals surface area (Å²) in [5.41, 5.74) is 0. The molecule has 2 rings (SSSR count). The summed E-state index contributed by atoms with van der Waals surface area (Å²) in [6.07, 6.45) is 1.58. The van der Waals surface area contributed by atoms with E-state index in [4.69, 9.17) is 0 Å². The Morgan fingerprint density at radius 1 is 1.53 bits per heavy atom. The molecule has 1 aromatic rings. The molecule has 90 valence electrons. The summed E-state index contributed by atoms with van der Waals surface area (Å²) in [6, 6.07) is 4.51. The van der Waals surface area contributed by atoms with Gasteiger partial charge in [0.05, 0.1) is 6.54 Å². The molecule has 1 aliphatic heterocycles. The lowest BCUT2D eigenvalue weighted by molar-refractivity contribution is 0.194. The fourth-order valence-corrected chi connectivity index (χ4v) is 1.63. The highest BCUT2D eigenvalue weighted by molar-refractivity contribution is 6.01. The molecule has 4 amide bonds. The molecular formula is C11H14N4O2. The van der Waals surface area contributed by atoms with E-state index in [1.54, 1.807) is 31.4 Å². The number of rotatable bonds is 1. The summed E-state index contributed by atoms with van der Waals surface area (Å²) in [7, 11) is 1.68. The lowest BCUT2D eigenvalue weighted by Crippen LogP contribution is -2.38. The highest BCUT2D eigenvalue weighted by Crippen LogP contribution is 2.14. The van der Waals surface area contributed by atoms with Gasteiger partial charge in [0.25, 0.3) is 0 Å². The normalized spacial score (nSPS) is 19.6. The van der Waals surface area contributed by atoms with E-state index in [1.807, 2.05) is 6.92 Å². The van der Waals surface area contributed by atoms with Crippen molar-refractivity contribution in [3.63, 3.8) is 0 Å². The molecule has 1 N–H and O–H groups in total. The van der Waals surface area contributed by atoms with Crippen LogP contribution in [0.4, 0.5) is 15.4 Å². The Hall–Kier alpha value is -2.11. The molecule has 0 aromatic carbocycles. The van der Waals surface area contributed by atoms with Crippen LogP contribution >= 0.6 is 0 Å². The van der Waals surface area contributed by atoms with Crippen molar-refractivity contribution in [3.05, 3.63) is 24.4 Å². The number of anilines is 1. The maximum Gasteiger partial charge on any atom is 0.331 e. The Morgan fingerprint density at radius 2 is 2.29 bits per heavy atom. The van der Waals surface area contributed by atoms with Gasteiger partial charge in [-0.3, -0.25) is 5.32 Å². The molecule has 1 aliphatic rings. The smallest absolute Gasteiger partial charge is 0.323 e. The van der Waals surface area contributed by atoms with Crippen molar-refractivity contribution in [2.24, 2.45) is 0 Å². The fourth-order valence-electron chi connectivity index (χ4n) is 1.63. The first-order valence-electron chi connectivity index (χ1n) is 5.36. The number of hydrogen-bond donors (Lipinski definition) is 1. The number of imide groups is 1. The molecule has 1 saturated heterocycles. The van der Waals surface area contributed by atoms with Crippen LogP contribution in [-0.4, -0.2) is 46.5 Å². The third kappa shape index (κ3) is 2.20. The van der Waals surface area contributed by atoms with Crippen molar-refractivity contribution >= 4 is 17.9 Å². The van der Waals surface area contributed by atoms with Crippen LogP contribution in [-0.2, 0) is 0 Å². The number of carbonyl (C=O) groups excluding carboxylic acids is 2. The second-order valence-corrected chi connectivity index (χ2v) is 4.00. The number of aromatic nitrogens is 1. The van der Waals surface area contributed by atoms with E-state index >= 15 is 0 Å². The minimum atomic E-state index is -0.440. The van der Waals surface area contributed by atoms with Crippen LogP contribution in [0.25, 0.3) is 0 Å². The average molecular weight is 234 g/mol. The molecule has 1 aromatic heterocycles. The molecule has 0 radical (unpaired) electrons. The summed E-state index contributed by atoms with van der Waals surface area (Å²) in [5, 5.41) is 2.58. The fraction of sp³-hybridized carbons (Fsp3) is 0.364. The maximum atomic E-state index is 11.8. The Labute approximate surface area is 99.2 Å². The Bertz CT molecular complexity index is 434.